The third kappa shape index (κ3) is 4.41. The third-order valence-corrected chi connectivity index (χ3v) is 7.63. The Morgan fingerprint density at radius 1 is 0.909 bits per heavy atom. The Kier molecular flexibility index (Phi) is 6.58. The molecule has 0 spiro atoms. The van der Waals surface area contributed by atoms with E-state index in [1.54, 1.807) is 13.8 Å². The second-order valence-corrected chi connectivity index (χ2v) is 10.1. The van der Waals surface area contributed by atoms with Gasteiger partial charge in [-0.25, -0.2) is 4.57 Å². The minimum absolute atomic E-state index is 0.153. The fourth-order valence-electron chi connectivity index (χ4n) is 4.52. The smallest absolute Gasteiger partial charge is 0.403 e. The second kappa shape index (κ2) is 9.26. The van der Waals surface area contributed by atoms with Gasteiger partial charge in [0.05, 0.1) is 18.6 Å². The number of benzene rings is 3. The Morgan fingerprint density at radius 3 is 2.27 bits per heavy atom. The highest BCUT2D eigenvalue weighted by molar-refractivity contribution is 7.48. The van der Waals surface area contributed by atoms with E-state index < -0.39 is 7.82 Å². The van der Waals surface area contributed by atoms with Crippen molar-refractivity contribution in [2.24, 2.45) is 0 Å². The van der Waals surface area contributed by atoms with E-state index in [0.29, 0.717) is 5.75 Å². The van der Waals surface area contributed by atoms with E-state index in [-0.39, 0.29) is 18.6 Å². The highest BCUT2D eigenvalue weighted by atomic mass is 31.2. The van der Waals surface area contributed by atoms with E-state index in [2.05, 4.69) is 61.9 Å². The number of fused-ring (bicyclic) bond motifs is 2. The first-order valence-corrected chi connectivity index (χ1v) is 12.8. The van der Waals surface area contributed by atoms with Crippen molar-refractivity contribution in [1.82, 2.24) is 0 Å². The van der Waals surface area contributed by atoms with Crippen molar-refractivity contribution in [1.29, 1.82) is 0 Å². The monoisotopic (exact) mass is 464 g/mol. The molecular weight excluding hydrogens is 433 g/mol. The van der Waals surface area contributed by atoms with Gasteiger partial charge in [-0.2, -0.15) is 4.58 Å². The summed E-state index contributed by atoms with van der Waals surface area (Å²) in [6.07, 6.45) is 4.17. The lowest BCUT2D eigenvalue weighted by Gasteiger charge is -2.19. The van der Waals surface area contributed by atoms with Gasteiger partial charge < -0.3 is 4.52 Å². The van der Waals surface area contributed by atoms with Gasteiger partial charge in [-0.15, -0.1) is 0 Å². The number of phosphoric ester groups is 1. The zero-order valence-electron chi connectivity index (χ0n) is 19.9. The van der Waals surface area contributed by atoms with Crippen LogP contribution in [0.15, 0.2) is 66.7 Å². The quantitative estimate of drug-likeness (QED) is 0.263. The van der Waals surface area contributed by atoms with Crippen LogP contribution in [-0.2, 0) is 19.0 Å². The van der Waals surface area contributed by atoms with Crippen molar-refractivity contribution in [3.05, 3.63) is 77.9 Å². The molecule has 0 fully saturated rings. The molecule has 0 atom stereocenters. The number of hydrogen-bond donors (Lipinski definition) is 0. The van der Waals surface area contributed by atoms with Crippen molar-refractivity contribution in [3.63, 3.8) is 0 Å². The average Bonchev–Trinajstić information content (AvgIpc) is 2.99. The Labute approximate surface area is 195 Å². The summed E-state index contributed by atoms with van der Waals surface area (Å²) in [4.78, 5) is 0. The molecule has 3 aromatic carbocycles. The number of allylic oxidation sites excluding steroid dienone is 1. The minimum atomic E-state index is -3.73. The molecule has 1 heterocycles. The molecule has 0 radical (unpaired) electrons. The van der Waals surface area contributed by atoms with Crippen molar-refractivity contribution in [3.8, 4) is 5.75 Å². The first-order valence-electron chi connectivity index (χ1n) is 11.3. The highest BCUT2D eigenvalue weighted by Gasteiger charge is 2.42. The molecule has 0 bridgehead atoms. The molecule has 0 N–H and O–H groups in total. The molecule has 5 nitrogen and oxygen atoms in total. The van der Waals surface area contributed by atoms with E-state index >= 15 is 0 Å². The number of nitrogens with zero attached hydrogens (tertiary/aromatic N) is 1. The molecule has 1 aliphatic rings. The van der Waals surface area contributed by atoms with Crippen LogP contribution in [0.3, 0.4) is 0 Å². The van der Waals surface area contributed by atoms with Crippen molar-refractivity contribution in [2.75, 3.05) is 20.3 Å². The van der Waals surface area contributed by atoms with Gasteiger partial charge in [-0.1, -0.05) is 48.5 Å². The van der Waals surface area contributed by atoms with Gasteiger partial charge in [0.2, 0.25) is 5.69 Å². The van der Waals surface area contributed by atoms with Gasteiger partial charge in [-0.3, -0.25) is 9.05 Å². The van der Waals surface area contributed by atoms with E-state index in [0.717, 1.165) is 16.3 Å². The van der Waals surface area contributed by atoms with Crippen LogP contribution in [0.4, 0.5) is 5.69 Å². The Balaban J connectivity index is 1.82. The van der Waals surface area contributed by atoms with Crippen LogP contribution in [0.5, 0.6) is 5.75 Å². The van der Waals surface area contributed by atoms with Crippen LogP contribution >= 0.6 is 7.82 Å². The summed E-state index contributed by atoms with van der Waals surface area (Å²) in [7, 11) is -1.64. The molecule has 1 aliphatic heterocycles. The predicted octanol–water partition coefficient (Wildman–Crippen LogP) is 7.12. The molecule has 3 aromatic rings. The Morgan fingerprint density at radius 2 is 1.58 bits per heavy atom. The molecule has 0 saturated carbocycles. The first-order chi connectivity index (χ1) is 15.8. The van der Waals surface area contributed by atoms with E-state index in [1.807, 2.05) is 36.4 Å². The van der Waals surface area contributed by atoms with Gasteiger partial charge >= 0.3 is 7.82 Å². The molecule has 6 heteroatoms. The van der Waals surface area contributed by atoms with Gasteiger partial charge in [0.1, 0.15) is 12.8 Å². The number of phosphoric acid groups is 1. The summed E-state index contributed by atoms with van der Waals surface area (Å²) in [5.41, 5.74) is 4.34. The lowest BCUT2D eigenvalue weighted by atomic mass is 9.81. The van der Waals surface area contributed by atoms with Crippen molar-refractivity contribution in [2.45, 2.75) is 33.1 Å². The standard InChI is InChI=1S/C27H31NO4P/c1-6-30-33(29,31-7-2)32-25-18-16-20-12-8-9-13-21(20)22(25)17-19-26-27(3,4)23-14-10-11-15-24(23)28(26)5/h8-19H,6-7H2,1-5H3/q+1/b19-17+. The van der Waals surface area contributed by atoms with Gasteiger partial charge in [-0.05, 0) is 50.6 Å². The second-order valence-electron chi connectivity index (χ2n) is 8.49. The van der Waals surface area contributed by atoms with Crippen LogP contribution in [-0.4, -0.2) is 30.5 Å². The molecular formula is C27H31NO4P+. The normalized spacial score (nSPS) is 15.4. The highest BCUT2D eigenvalue weighted by Crippen LogP contribution is 2.51. The predicted molar refractivity (Wildman–Crippen MR) is 135 cm³/mol. The Bertz CT molecular complexity index is 1280. The summed E-state index contributed by atoms with van der Waals surface area (Å²) in [5, 5.41) is 2.07. The minimum Gasteiger partial charge on any atom is -0.403 e. The number of hydrogen-bond acceptors (Lipinski definition) is 4. The summed E-state index contributed by atoms with van der Waals surface area (Å²) in [6, 6.07) is 20.3. The maximum atomic E-state index is 13.1. The van der Waals surface area contributed by atoms with E-state index in [1.165, 1.54) is 17.0 Å². The topological polar surface area (TPSA) is 47.8 Å². The number of rotatable bonds is 8. The fourth-order valence-corrected chi connectivity index (χ4v) is 5.73. The average molecular weight is 465 g/mol. The molecule has 0 amide bonds. The SMILES string of the molecule is CCOP(=O)(OCC)Oc1ccc2ccccc2c1/C=C/C1=[N+](C)c2ccccc2C1(C)C. The van der Waals surface area contributed by atoms with Crippen LogP contribution in [0.2, 0.25) is 0 Å². The molecule has 0 aromatic heterocycles. The maximum absolute atomic E-state index is 13.1. The van der Waals surface area contributed by atoms with E-state index in [9.17, 15) is 4.57 Å². The third-order valence-electron chi connectivity index (χ3n) is 6.06. The van der Waals surface area contributed by atoms with Gasteiger partial charge in [0.15, 0.2) is 5.71 Å². The van der Waals surface area contributed by atoms with Gasteiger partial charge in [0, 0.05) is 23.3 Å². The lowest BCUT2D eigenvalue weighted by Crippen LogP contribution is -2.26. The van der Waals surface area contributed by atoms with Crippen LogP contribution in [0.25, 0.3) is 16.8 Å². The molecule has 33 heavy (non-hydrogen) atoms. The fraction of sp³-hybridized carbons (Fsp3) is 0.296. The van der Waals surface area contributed by atoms with Crippen molar-refractivity contribution < 1.29 is 22.7 Å². The van der Waals surface area contributed by atoms with Crippen LogP contribution in [0.1, 0.15) is 38.8 Å². The summed E-state index contributed by atoms with van der Waals surface area (Å²) in [6.45, 7) is 8.45. The number of para-hydroxylation sites is 1. The molecule has 0 unspecified atom stereocenters. The van der Waals surface area contributed by atoms with E-state index in [4.69, 9.17) is 13.6 Å². The zero-order chi connectivity index (χ0) is 23.6. The summed E-state index contributed by atoms with van der Waals surface area (Å²) in [5.74, 6) is 0.465. The zero-order valence-corrected chi connectivity index (χ0v) is 20.8. The largest absolute Gasteiger partial charge is 0.530 e. The molecule has 172 valence electrons. The first kappa shape index (κ1) is 23.4. The van der Waals surface area contributed by atoms with Crippen LogP contribution in [0, 0.1) is 0 Å². The maximum Gasteiger partial charge on any atom is 0.530 e. The molecule has 4 rings (SSSR count). The lowest BCUT2D eigenvalue weighted by molar-refractivity contribution is -0.401. The molecule has 0 aliphatic carbocycles. The van der Waals surface area contributed by atoms with Crippen LogP contribution < -0.4 is 4.52 Å². The summed E-state index contributed by atoms with van der Waals surface area (Å²) < 4.78 is 32.0. The Hall–Kier alpha value is -2.72. The summed E-state index contributed by atoms with van der Waals surface area (Å²) >= 11 is 0. The van der Waals surface area contributed by atoms with Crippen molar-refractivity contribution >= 4 is 36.1 Å². The van der Waals surface area contributed by atoms with Gasteiger partial charge in [0.25, 0.3) is 0 Å². The molecule has 0 saturated heterocycles.